The Labute approximate surface area is 120 Å². The lowest BCUT2D eigenvalue weighted by molar-refractivity contribution is 0.602. The first-order valence-electron chi connectivity index (χ1n) is 5.97. The van der Waals surface area contributed by atoms with E-state index in [0.29, 0.717) is 22.5 Å². The predicted molar refractivity (Wildman–Crippen MR) is 78.9 cm³/mol. The summed E-state index contributed by atoms with van der Waals surface area (Å²) in [6.07, 6.45) is 2.75. The lowest BCUT2D eigenvalue weighted by Crippen LogP contribution is -2.01. The highest BCUT2D eigenvalue weighted by molar-refractivity contribution is 7.90. The number of fused-ring (bicyclic) bond motifs is 1. The Morgan fingerprint density at radius 2 is 1.90 bits per heavy atom. The molecule has 21 heavy (non-hydrogen) atoms. The summed E-state index contributed by atoms with van der Waals surface area (Å²) in [6.45, 7) is 0. The SMILES string of the molecule is CS(=O)(=O)c1ccc(Nc2nc(N)nc3[nH]ncc23)cc1. The van der Waals surface area contributed by atoms with Gasteiger partial charge in [0.05, 0.1) is 16.5 Å². The van der Waals surface area contributed by atoms with Crippen LogP contribution in [-0.4, -0.2) is 34.8 Å². The zero-order chi connectivity index (χ0) is 15.0. The minimum atomic E-state index is -3.21. The zero-order valence-corrected chi connectivity index (χ0v) is 11.8. The van der Waals surface area contributed by atoms with Crippen LogP contribution in [0, 0.1) is 0 Å². The van der Waals surface area contributed by atoms with Crippen molar-refractivity contribution in [3.05, 3.63) is 30.5 Å². The predicted octanol–water partition coefficient (Wildman–Crippen LogP) is 1.08. The number of benzene rings is 1. The molecular formula is C12H12N6O2S. The number of nitrogens with one attached hydrogen (secondary N) is 2. The van der Waals surface area contributed by atoms with Crippen molar-refractivity contribution in [1.29, 1.82) is 0 Å². The Bertz CT molecular complexity index is 901. The van der Waals surface area contributed by atoms with Crippen LogP contribution in [0.5, 0.6) is 0 Å². The van der Waals surface area contributed by atoms with Crippen molar-refractivity contribution in [2.24, 2.45) is 0 Å². The fourth-order valence-corrected chi connectivity index (χ4v) is 2.50. The van der Waals surface area contributed by atoms with Crippen LogP contribution in [0.25, 0.3) is 11.0 Å². The quantitative estimate of drug-likeness (QED) is 0.660. The zero-order valence-electron chi connectivity index (χ0n) is 11.0. The first-order valence-corrected chi connectivity index (χ1v) is 7.86. The number of sulfone groups is 1. The molecule has 3 aromatic rings. The summed E-state index contributed by atoms with van der Waals surface area (Å²) in [6, 6.07) is 6.35. The highest BCUT2D eigenvalue weighted by Gasteiger charge is 2.10. The summed E-state index contributed by atoms with van der Waals surface area (Å²) in [5, 5.41) is 10.4. The van der Waals surface area contributed by atoms with Crippen LogP contribution in [0.4, 0.5) is 17.5 Å². The molecule has 0 fully saturated rings. The molecular weight excluding hydrogens is 292 g/mol. The topological polar surface area (TPSA) is 127 Å². The molecule has 0 spiro atoms. The molecule has 108 valence electrons. The average molecular weight is 304 g/mol. The molecule has 9 heteroatoms. The van der Waals surface area contributed by atoms with E-state index in [1.807, 2.05) is 0 Å². The molecule has 0 radical (unpaired) electrons. The molecule has 0 bridgehead atoms. The van der Waals surface area contributed by atoms with Gasteiger partial charge in [-0.2, -0.15) is 15.1 Å². The van der Waals surface area contributed by atoms with Gasteiger partial charge in [0.2, 0.25) is 5.95 Å². The third-order valence-electron chi connectivity index (χ3n) is 2.87. The maximum absolute atomic E-state index is 11.4. The number of rotatable bonds is 3. The summed E-state index contributed by atoms with van der Waals surface area (Å²) >= 11 is 0. The number of aromatic amines is 1. The first-order chi connectivity index (χ1) is 9.93. The van der Waals surface area contributed by atoms with Gasteiger partial charge in [0.15, 0.2) is 15.5 Å². The molecule has 0 amide bonds. The standard InChI is InChI=1S/C12H12N6O2S/c1-21(19,20)8-4-2-7(3-5-8)15-10-9-6-14-18-11(9)17-12(13)16-10/h2-6H,1H3,(H4,13,14,15,16,17,18). The van der Waals surface area contributed by atoms with Gasteiger partial charge in [-0.25, -0.2) is 8.42 Å². The van der Waals surface area contributed by atoms with Crippen LogP contribution in [0.2, 0.25) is 0 Å². The fourth-order valence-electron chi connectivity index (χ4n) is 1.87. The van der Waals surface area contributed by atoms with Crippen LogP contribution < -0.4 is 11.1 Å². The lowest BCUT2D eigenvalue weighted by Gasteiger charge is -2.07. The van der Waals surface area contributed by atoms with Gasteiger partial charge in [0.1, 0.15) is 5.82 Å². The van der Waals surface area contributed by atoms with E-state index in [1.165, 1.54) is 12.1 Å². The number of hydrogen-bond donors (Lipinski definition) is 3. The minimum absolute atomic E-state index is 0.113. The maximum atomic E-state index is 11.4. The molecule has 3 rings (SSSR count). The van der Waals surface area contributed by atoms with E-state index in [1.54, 1.807) is 18.3 Å². The van der Waals surface area contributed by atoms with E-state index in [2.05, 4.69) is 25.5 Å². The molecule has 0 aliphatic carbocycles. The van der Waals surface area contributed by atoms with Gasteiger partial charge in [0.25, 0.3) is 0 Å². The van der Waals surface area contributed by atoms with Gasteiger partial charge in [-0.05, 0) is 24.3 Å². The molecule has 0 aliphatic rings. The Hall–Kier alpha value is -2.68. The van der Waals surface area contributed by atoms with E-state index in [9.17, 15) is 8.42 Å². The summed E-state index contributed by atoms with van der Waals surface area (Å²) in [5.41, 5.74) is 6.84. The summed E-state index contributed by atoms with van der Waals surface area (Å²) in [7, 11) is -3.21. The Morgan fingerprint density at radius 3 is 2.57 bits per heavy atom. The van der Waals surface area contributed by atoms with Gasteiger partial charge in [-0.1, -0.05) is 0 Å². The number of hydrogen-bond acceptors (Lipinski definition) is 7. The second-order valence-electron chi connectivity index (χ2n) is 4.48. The molecule has 0 saturated carbocycles. The summed E-state index contributed by atoms with van der Waals surface area (Å²) in [4.78, 5) is 8.38. The van der Waals surface area contributed by atoms with Crippen LogP contribution in [-0.2, 0) is 9.84 Å². The van der Waals surface area contributed by atoms with E-state index >= 15 is 0 Å². The van der Waals surface area contributed by atoms with E-state index in [4.69, 9.17) is 5.73 Å². The highest BCUT2D eigenvalue weighted by Crippen LogP contribution is 2.23. The largest absolute Gasteiger partial charge is 0.368 e. The molecule has 0 unspecified atom stereocenters. The maximum Gasteiger partial charge on any atom is 0.224 e. The second-order valence-corrected chi connectivity index (χ2v) is 6.50. The molecule has 0 aliphatic heterocycles. The van der Waals surface area contributed by atoms with Crippen LogP contribution >= 0.6 is 0 Å². The molecule has 2 heterocycles. The van der Waals surface area contributed by atoms with Crippen molar-refractivity contribution in [1.82, 2.24) is 20.2 Å². The number of anilines is 3. The Kier molecular flexibility index (Phi) is 2.98. The van der Waals surface area contributed by atoms with Gasteiger partial charge in [-0.15, -0.1) is 0 Å². The van der Waals surface area contributed by atoms with Crippen molar-refractivity contribution in [3.8, 4) is 0 Å². The van der Waals surface area contributed by atoms with Gasteiger partial charge < -0.3 is 11.1 Å². The van der Waals surface area contributed by atoms with E-state index in [-0.39, 0.29) is 10.8 Å². The molecule has 2 aromatic heterocycles. The number of H-pyrrole nitrogens is 1. The van der Waals surface area contributed by atoms with Gasteiger partial charge >= 0.3 is 0 Å². The van der Waals surface area contributed by atoms with Gasteiger partial charge in [0, 0.05) is 11.9 Å². The highest BCUT2D eigenvalue weighted by atomic mass is 32.2. The van der Waals surface area contributed by atoms with Crippen molar-refractivity contribution in [2.45, 2.75) is 4.90 Å². The van der Waals surface area contributed by atoms with E-state index in [0.717, 1.165) is 6.26 Å². The molecule has 4 N–H and O–H groups in total. The normalized spacial score (nSPS) is 11.7. The van der Waals surface area contributed by atoms with Crippen LogP contribution in [0.15, 0.2) is 35.4 Å². The average Bonchev–Trinajstić information content (AvgIpc) is 2.86. The summed E-state index contributed by atoms with van der Waals surface area (Å²) < 4.78 is 22.8. The van der Waals surface area contributed by atoms with E-state index < -0.39 is 9.84 Å². The second kappa shape index (κ2) is 4.70. The van der Waals surface area contributed by atoms with Crippen LogP contribution in [0.3, 0.4) is 0 Å². The Balaban J connectivity index is 1.97. The lowest BCUT2D eigenvalue weighted by atomic mass is 10.3. The number of nitrogen functional groups attached to an aromatic ring is 1. The fraction of sp³-hybridized carbons (Fsp3) is 0.0833. The minimum Gasteiger partial charge on any atom is -0.368 e. The first kappa shape index (κ1) is 13.3. The van der Waals surface area contributed by atoms with Gasteiger partial charge in [-0.3, -0.25) is 5.10 Å². The third-order valence-corrected chi connectivity index (χ3v) is 4.00. The Morgan fingerprint density at radius 1 is 1.19 bits per heavy atom. The monoisotopic (exact) mass is 304 g/mol. The third kappa shape index (κ3) is 2.63. The van der Waals surface area contributed by atoms with Crippen molar-refractivity contribution < 1.29 is 8.42 Å². The smallest absolute Gasteiger partial charge is 0.224 e. The summed E-state index contributed by atoms with van der Waals surface area (Å²) in [5.74, 6) is 0.611. The van der Waals surface area contributed by atoms with Crippen molar-refractivity contribution in [2.75, 3.05) is 17.3 Å². The molecule has 0 atom stereocenters. The number of nitrogens with two attached hydrogens (primary N) is 1. The van der Waals surface area contributed by atoms with Crippen LogP contribution in [0.1, 0.15) is 0 Å². The molecule has 8 nitrogen and oxygen atoms in total. The van der Waals surface area contributed by atoms with Crippen molar-refractivity contribution in [3.63, 3.8) is 0 Å². The number of aromatic nitrogens is 4. The van der Waals surface area contributed by atoms with Crippen molar-refractivity contribution >= 4 is 38.3 Å². The number of nitrogens with zero attached hydrogens (tertiary/aromatic N) is 3. The molecule has 1 aromatic carbocycles. The molecule has 0 saturated heterocycles.